The number of hydrogen-bond donors (Lipinski definition) is 0. The van der Waals surface area contributed by atoms with Crippen LogP contribution >= 0.6 is 38.2 Å². The highest BCUT2D eigenvalue weighted by Crippen LogP contribution is 2.31. The summed E-state index contributed by atoms with van der Waals surface area (Å²) in [5.41, 5.74) is -0.0271. The first-order chi connectivity index (χ1) is 9.77. The zero-order valence-corrected chi connectivity index (χ0v) is 15.3. The Bertz CT molecular complexity index is 617. The zero-order chi connectivity index (χ0) is 16.0. The van der Waals surface area contributed by atoms with E-state index in [-0.39, 0.29) is 26.6 Å². The third-order valence-corrected chi connectivity index (χ3v) is 5.33. The third-order valence-electron chi connectivity index (χ3n) is 2.73. The first kappa shape index (κ1) is 18.7. The van der Waals surface area contributed by atoms with Crippen LogP contribution in [0.4, 0.5) is 0 Å². The Labute approximate surface area is 142 Å². The largest absolute Gasteiger partial charge is 0.462 e. The number of rotatable bonds is 7. The smallest absolute Gasteiger partial charge is 0.339 e. The van der Waals surface area contributed by atoms with Crippen molar-refractivity contribution in [3.8, 4) is 0 Å². The molecule has 0 saturated carbocycles. The minimum atomic E-state index is -3.95. The first-order valence-corrected chi connectivity index (χ1v) is 9.86. The maximum atomic E-state index is 12.0. The van der Waals surface area contributed by atoms with Crippen LogP contribution in [0.5, 0.6) is 0 Å². The molecule has 0 bridgehead atoms. The van der Waals surface area contributed by atoms with E-state index < -0.39 is 15.0 Å². The molecule has 8 heteroatoms. The van der Waals surface area contributed by atoms with Crippen molar-refractivity contribution in [3.63, 3.8) is 0 Å². The quantitative estimate of drug-likeness (QED) is 0.364. The highest BCUT2D eigenvalue weighted by molar-refractivity contribution is 9.10. The molecule has 0 saturated heterocycles. The van der Waals surface area contributed by atoms with E-state index in [1.165, 1.54) is 6.07 Å². The molecule has 118 valence electrons. The average Bonchev–Trinajstić information content (AvgIpc) is 2.40. The molecule has 0 aliphatic carbocycles. The van der Waals surface area contributed by atoms with Crippen LogP contribution in [0.2, 0.25) is 5.02 Å². The number of carbonyl (C=O) groups is 1. The van der Waals surface area contributed by atoms with E-state index >= 15 is 0 Å². The molecule has 1 rings (SSSR count). The SMILES string of the molecule is CCCCCCOC(=O)c1cc(S(=O)(=O)Cl)cc(Br)c1Cl. The predicted octanol–water partition coefficient (Wildman–Crippen LogP) is 4.77. The van der Waals surface area contributed by atoms with E-state index in [2.05, 4.69) is 22.9 Å². The number of benzene rings is 1. The molecule has 21 heavy (non-hydrogen) atoms. The van der Waals surface area contributed by atoms with Crippen molar-refractivity contribution in [3.05, 3.63) is 27.2 Å². The van der Waals surface area contributed by atoms with Gasteiger partial charge in [-0.15, -0.1) is 0 Å². The van der Waals surface area contributed by atoms with Gasteiger partial charge in [0.25, 0.3) is 9.05 Å². The van der Waals surface area contributed by atoms with Gasteiger partial charge in [0.2, 0.25) is 0 Å². The summed E-state index contributed by atoms with van der Waals surface area (Å²) < 4.78 is 28.1. The van der Waals surface area contributed by atoms with Crippen molar-refractivity contribution < 1.29 is 17.9 Å². The highest BCUT2D eigenvalue weighted by atomic mass is 79.9. The van der Waals surface area contributed by atoms with E-state index in [0.29, 0.717) is 0 Å². The Morgan fingerprint density at radius 3 is 2.52 bits per heavy atom. The van der Waals surface area contributed by atoms with Crippen LogP contribution in [0.3, 0.4) is 0 Å². The monoisotopic (exact) mass is 416 g/mol. The lowest BCUT2D eigenvalue weighted by atomic mass is 10.2. The molecular weight excluding hydrogens is 403 g/mol. The Hall–Kier alpha value is -0.300. The number of ether oxygens (including phenoxy) is 1. The summed E-state index contributed by atoms with van der Waals surface area (Å²) in [5.74, 6) is -0.667. The van der Waals surface area contributed by atoms with Gasteiger partial charge in [0.05, 0.1) is 22.1 Å². The third kappa shape index (κ3) is 5.77. The van der Waals surface area contributed by atoms with Gasteiger partial charge in [0.15, 0.2) is 0 Å². The molecule has 0 aromatic heterocycles. The fourth-order valence-electron chi connectivity index (χ4n) is 1.62. The van der Waals surface area contributed by atoms with Crippen LogP contribution in [0.1, 0.15) is 43.0 Å². The summed E-state index contributed by atoms with van der Waals surface area (Å²) in [6, 6.07) is 2.35. The standard InChI is InChI=1S/C13H15BrCl2O4S/c1-2-3-4-5-6-20-13(17)10-7-9(21(16,18)19)8-11(14)12(10)15/h7-8H,2-6H2,1H3. The van der Waals surface area contributed by atoms with Crippen molar-refractivity contribution in [2.24, 2.45) is 0 Å². The van der Waals surface area contributed by atoms with Crippen LogP contribution in [0.15, 0.2) is 21.5 Å². The minimum absolute atomic E-state index is 0.0271. The molecule has 0 unspecified atom stereocenters. The maximum Gasteiger partial charge on any atom is 0.339 e. The van der Waals surface area contributed by atoms with E-state index in [1.807, 2.05) is 0 Å². The van der Waals surface area contributed by atoms with Crippen LogP contribution in [0.25, 0.3) is 0 Å². The first-order valence-electron chi connectivity index (χ1n) is 6.38. The second kappa shape index (κ2) is 8.36. The van der Waals surface area contributed by atoms with E-state index in [0.717, 1.165) is 31.7 Å². The van der Waals surface area contributed by atoms with Crippen molar-refractivity contribution >= 4 is 53.2 Å². The van der Waals surface area contributed by atoms with Crippen molar-refractivity contribution in [1.82, 2.24) is 0 Å². The second-order valence-corrected chi connectivity index (χ2v) is 8.20. The van der Waals surface area contributed by atoms with Gasteiger partial charge in [-0.3, -0.25) is 0 Å². The lowest BCUT2D eigenvalue weighted by Crippen LogP contribution is -2.08. The predicted molar refractivity (Wildman–Crippen MR) is 86.6 cm³/mol. The van der Waals surface area contributed by atoms with Gasteiger partial charge in [-0.2, -0.15) is 0 Å². The maximum absolute atomic E-state index is 12.0. The molecule has 0 spiro atoms. The normalized spacial score (nSPS) is 11.4. The van der Waals surface area contributed by atoms with Crippen LogP contribution in [0, 0.1) is 0 Å². The molecule has 0 aliphatic rings. The summed E-state index contributed by atoms with van der Waals surface area (Å²) in [5, 5.41) is 0.0950. The van der Waals surface area contributed by atoms with Gasteiger partial charge < -0.3 is 4.74 Å². The molecule has 0 N–H and O–H groups in total. The molecule has 0 heterocycles. The number of unbranched alkanes of at least 4 members (excludes halogenated alkanes) is 3. The molecule has 0 atom stereocenters. The van der Waals surface area contributed by atoms with Gasteiger partial charge in [-0.25, -0.2) is 13.2 Å². The molecule has 0 amide bonds. The Balaban J connectivity index is 2.86. The number of esters is 1. The Morgan fingerprint density at radius 1 is 1.29 bits per heavy atom. The molecular formula is C13H15BrCl2O4S. The van der Waals surface area contributed by atoms with Crippen molar-refractivity contribution in [1.29, 1.82) is 0 Å². The van der Waals surface area contributed by atoms with Crippen LogP contribution in [-0.4, -0.2) is 21.0 Å². The topological polar surface area (TPSA) is 60.4 Å². The lowest BCUT2D eigenvalue weighted by Gasteiger charge is -2.09. The zero-order valence-electron chi connectivity index (χ0n) is 11.4. The van der Waals surface area contributed by atoms with Gasteiger partial charge in [-0.05, 0) is 34.5 Å². The average molecular weight is 418 g/mol. The molecule has 0 radical (unpaired) electrons. The van der Waals surface area contributed by atoms with E-state index in [1.54, 1.807) is 0 Å². The molecule has 0 fully saturated rings. The van der Waals surface area contributed by atoms with Crippen molar-refractivity contribution in [2.45, 2.75) is 37.5 Å². The van der Waals surface area contributed by atoms with E-state index in [4.69, 9.17) is 27.0 Å². The number of halogens is 3. The number of hydrogen-bond acceptors (Lipinski definition) is 4. The Kier molecular flexibility index (Phi) is 7.47. The highest BCUT2D eigenvalue weighted by Gasteiger charge is 2.20. The van der Waals surface area contributed by atoms with Crippen LogP contribution < -0.4 is 0 Å². The Morgan fingerprint density at radius 2 is 1.95 bits per heavy atom. The molecule has 4 nitrogen and oxygen atoms in total. The molecule has 1 aromatic carbocycles. The van der Waals surface area contributed by atoms with Gasteiger partial charge in [0.1, 0.15) is 0 Å². The summed E-state index contributed by atoms with van der Waals surface area (Å²) >= 11 is 9.08. The minimum Gasteiger partial charge on any atom is -0.462 e. The van der Waals surface area contributed by atoms with Crippen LogP contribution in [-0.2, 0) is 13.8 Å². The molecule has 0 aliphatic heterocycles. The second-order valence-electron chi connectivity index (χ2n) is 4.40. The van der Waals surface area contributed by atoms with Gasteiger partial charge in [0, 0.05) is 15.2 Å². The summed E-state index contributed by atoms with van der Waals surface area (Å²) in [4.78, 5) is 11.8. The summed E-state index contributed by atoms with van der Waals surface area (Å²) in [6.45, 7) is 2.35. The van der Waals surface area contributed by atoms with Gasteiger partial charge >= 0.3 is 5.97 Å². The van der Waals surface area contributed by atoms with Gasteiger partial charge in [-0.1, -0.05) is 37.8 Å². The summed E-state index contributed by atoms with van der Waals surface area (Å²) in [7, 11) is 1.32. The van der Waals surface area contributed by atoms with E-state index in [9.17, 15) is 13.2 Å². The van der Waals surface area contributed by atoms with Crippen molar-refractivity contribution in [2.75, 3.05) is 6.61 Å². The molecule has 1 aromatic rings. The summed E-state index contributed by atoms with van der Waals surface area (Å²) in [6.07, 6.45) is 3.88. The lowest BCUT2D eigenvalue weighted by molar-refractivity contribution is 0.0497. The fourth-order valence-corrected chi connectivity index (χ4v) is 3.21. The fraction of sp³-hybridized carbons (Fsp3) is 0.462. The number of carbonyl (C=O) groups excluding carboxylic acids is 1.